The monoisotopic (exact) mass is 291 g/mol. The Morgan fingerprint density at radius 2 is 2.11 bits per heavy atom. The summed E-state index contributed by atoms with van der Waals surface area (Å²) >= 11 is 0. The molecule has 5 nitrogen and oxygen atoms in total. The lowest BCUT2D eigenvalue weighted by Crippen LogP contribution is -2.45. The molecule has 0 aromatic carbocycles. The van der Waals surface area contributed by atoms with Gasteiger partial charge in [0.25, 0.3) is 0 Å². The van der Waals surface area contributed by atoms with Gasteiger partial charge in [0.05, 0.1) is 5.75 Å². The van der Waals surface area contributed by atoms with Crippen LogP contribution in [0.5, 0.6) is 0 Å². The molecule has 1 rings (SSSR count). The number of sulfonamides is 1. The summed E-state index contributed by atoms with van der Waals surface area (Å²) in [5, 5.41) is 3.38. The first kappa shape index (κ1) is 16.9. The van der Waals surface area contributed by atoms with E-state index in [1.165, 1.54) is 23.7 Å². The average Bonchev–Trinajstić information content (AvgIpc) is 2.38. The fourth-order valence-electron chi connectivity index (χ4n) is 2.55. The van der Waals surface area contributed by atoms with Crippen LogP contribution in [0, 0.1) is 5.92 Å². The lowest BCUT2D eigenvalue weighted by Gasteiger charge is -2.35. The molecule has 19 heavy (non-hydrogen) atoms. The third kappa shape index (κ3) is 5.38. The van der Waals surface area contributed by atoms with Crippen molar-refractivity contribution < 1.29 is 8.42 Å². The van der Waals surface area contributed by atoms with Crippen LogP contribution in [0.15, 0.2) is 0 Å². The molecule has 0 aliphatic carbocycles. The van der Waals surface area contributed by atoms with E-state index in [4.69, 9.17) is 0 Å². The van der Waals surface area contributed by atoms with Crippen LogP contribution in [0.3, 0.4) is 0 Å². The molecule has 1 heterocycles. The number of nitrogens with one attached hydrogen (secondary N) is 1. The van der Waals surface area contributed by atoms with Crippen molar-refractivity contribution in [2.45, 2.75) is 32.7 Å². The molecular formula is C13H29N3O2S. The second kappa shape index (κ2) is 7.57. The standard InChI is InChI=1S/C13H29N3O2S/c1-5-16-9-6-7-13(11-16)12(2)14-8-10-19(17,18)15(3)4/h12-14H,5-11H2,1-4H3. The van der Waals surface area contributed by atoms with Gasteiger partial charge < -0.3 is 10.2 Å². The van der Waals surface area contributed by atoms with Gasteiger partial charge in [0, 0.05) is 33.2 Å². The molecule has 114 valence electrons. The van der Waals surface area contributed by atoms with Gasteiger partial charge in [0.15, 0.2) is 0 Å². The van der Waals surface area contributed by atoms with Crippen molar-refractivity contribution in [1.82, 2.24) is 14.5 Å². The summed E-state index contributed by atoms with van der Waals surface area (Å²) in [5.41, 5.74) is 0. The summed E-state index contributed by atoms with van der Waals surface area (Å²) in [5.74, 6) is 0.810. The fourth-order valence-corrected chi connectivity index (χ4v) is 3.29. The van der Waals surface area contributed by atoms with Gasteiger partial charge in [0.2, 0.25) is 10.0 Å². The number of likely N-dealkylation sites (tertiary alicyclic amines) is 1. The Hall–Kier alpha value is -0.170. The van der Waals surface area contributed by atoms with Gasteiger partial charge in [-0.05, 0) is 38.8 Å². The second-order valence-electron chi connectivity index (χ2n) is 5.64. The van der Waals surface area contributed by atoms with Crippen molar-refractivity contribution in [3.05, 3.63) is 0 Å². The largest absolute Gasteiger partial charge is 0.313 e. The molecule has 0 amide bonds. The first-order valence-electron chi connectivity index (χ1n) is 7.22. The third-order valence-corrected chi connectivity index (χ3v) is 5.91. The van der Waals surface area contributed by atoms with E-state index in [1.807, 2.05) is 0 Å². The van der Waals surface area contributed by atoms with Crippen molar-refractivity contribution in [3.63, 3.8) is 0 Å². The lowest BCUT2D eigenvalue weighted by molar-refractivity contribution is 0.158. The minimum absolute atomic E-state index is 0.175. The van der Waals surface area contributed by atoms with E-state index in [9.17, 15) is 8.42 Å². The maximum Gasteiger partial charge on any atom is 0.214 e. The molecule has 0 spiro atoms. The highest BCUT2D eigenvalue weighted by molar-refractivity contribution is 7.89. The van der Waals surface area contributed by atoms with Gasteiger partial charge in [-0.3, -0.25) is 0 Å². The van der Waals surface area contributed by atoms with Crippen LogP contribution in [0.2, 0.25) is 0 Å². The first-order valence-corrected chi connectivity index (χ1v) is 8.83. The zero-order chi connectivity index (χ0) is 14.5. The van der Waals surface area contributed by atoms with Gasteiger partial charge in [-0.1, -0.05) is 6.92 Å². The van der Waals surface area contributed by atoms with E-state index in [1.54, 1.807) is 14.1 Å². The number of rotatable bonds is 7. The second-order valence-corrected chi connectivity index (χ2v) is 7.94. The molecule has 0 bridgehead atoms. The molecule has 2 atom stereocenters. The SMILES string of the molecule is CCN1CCCC(C(C)NCCS(=O)(=O)N(C)C)C1. The average molecular weight is 291 g/mol. The summed E-state index contributed by atoms with van der Waals surface area (Å²) in [6, 6.07) is 0.381. The van der Waals surface area contributed by atoms with E-state index < -0.39 is 10.0 Å². The predicted octanol–water partition coefficient (Wildman–Crippen LogP) is 0.588. The fraction of sp³-hybridized carbons (Fsp3) is 1.00. The molecule has 0 aromatic rings. The van der Waals surface area contributed by atoms with Crippen molar-refractivity contribution in [2.24, 2.45) is 5.92 Å². The first-order chi connectivity index (χ1) is 8.86. The van der Waals surface area contributed by atoms with Gasteiger partial charge in [-0.2, -0.15) is 0 Å². The van der Waals surface area contributed by atoms with Gasteiger partial charge in [0.1, 0.15) is 0 Å². The van der Waals surface area contributed by atoms with Crippen LogP contribution < -0.4 is 5.32 Å². The van der Waals surface area contributed by atoms with Crippen molar-refractivity contribution in [1.29, 1.82) is 0 Å². The molecule has 0 radical (unpaired) electrons. The van der Waals surface area contributed by atoms with Crippen LogP contribution in [0.4, 0.5) is 0 Å². The molecule has 0 aromatic heterocycles. The smallest absolute Gasteiger partial charge is 0.214 e. The number of piperidine rings is 1. The van der Waals surface area contributed by atoms with Crippen molar-refractivity contribution >= 4 is 10.0 Å². The predicted molar refractivity (Wildman–Crippen MR) is 79.8 cm³/mol. The van der Waals surface area contributed by atoms with Gasteiger partial charge in [-0.25, -0.2) is 12.7 Å². The molecule has 1 N–H and O–H groups in total. The van der Waals surface area contributed by atoms with Crippen LogP contribution in [-0.2, 0) is 10.0 Å². The maximum atomic E-state index is 11.7. The zero-order valence-corrected chi connectivity index (χ0v) is 13.5. The van der Waals surface area contributed by atoms with E-state index >= 15 is 0 Å². The Morgan fingerprint density at radius 1 is 1.42 bits per heavy atom. The van der Waals surface area contributed by atoms with Crippen LogP contribution in [0.25, 0.3) is 0 Å². The van der Waals surface area contributed by atoms with E-state index in [0.29, 0.717) is 18.5 Å². The van der Waals surface area contributed by atoms with E-state index in [-0.39, 0.29) is 5.75 Å². The molecule has 1 aliphatic heterocycles. The Balaban J connectivity index is 2.33. The topological polar surface area (TPSA) is 52.7 Å². The van der Waals surface area contributed by atoms with Gasteiger partial charge >= 0.3 is 0 Å². The molecule has 6 heteroatoms. The van der Waals surface area contributed by atoms with Crippen LogP contribution in [-0.4, -0.2) is 69.7 Å². The van der Waals surface area contributed by atoms with Crippen LogP contribution >= 0.6 is 0 Å². The summed E-state index contributed by atoms with van der Waals surface area (Å²) in [6.45, 7) is 8.35. The Bertz CT molecular complexity index is 357. The quantitative estimate of drug-likeness (QED) is 0.746. The lowest BCUT2D eigenvalue weighted by atomic mass is 9.91. The van der Waals surface area contributed by atoms with Crippen molar-refractivity contribution in [2.75, 3.05) is 46.0 Å². The molecule has 1 saturated heterocycles. The van der Waals surface area contributed by atoms with Crippen molar-refractivity contribution in [3.8, 4) is 0 Å². The minimum atomic E-state index is -3.08. The number of nitrogens with zero attached hydrogens (tertiary/aromatic N) is 2. The number of hydrogen-bond acceptors (Lipinski definition) is 4. The van der Waals surface area contributed by atoms with E-state index in [2.05, 4.69) is 24.1 Å². The Kier molecular flexibility index (Phi) is 6.73. The molecule has 1 fully saturated rings. The molecule has 2 unspecified atom stereocenters. The number of hydrogen-bond donors (Lipinski definition) is 1. The maximum absolute atomic E-state index is 11.7. The highest BCUT2D eigenvalue weighted by Gasteiger charge is 2.24. The third-order valence-electron chi connectivity index (χ3n) is 4.08. The highest BCUT2D eigenvalue weighted by atomic mass is 32.2. The summed E-state index contributed by atoms with van der Waals surface area (Å²) in [7, 11) is 0.0851. The summed E-state index contributed by atoms with van der Waals surface area (Å²) in [6.07, 6.45) is 2.49. The molecule has 1 aliphatic rings. The highest BCUT2D eigenvalue weighted by Crippen LogP contribution is 2.19. The van der Waals surface area contributed by atoms with Crippen LogP contribution in [0.1, 0.15) is 26.7 Å². The molecule has 0 saturated carbocycles. The summed E-state index contributed by atoms with van der Waals surface area (Å²) < 4.78 is 24.6. The summed E-state index contributed by atoms with van der Waals surface area (Å²) in [4.78, 5) is 2.48. The Labute approximate surface area is 118 Å². The molecular weight excluding hydrogens is 262 g/mol. The normalized spacial score (nSPS) is 23.7. The Morgan fingerprint density at radius 3 is 2.68 bits per heavy atom. The van der Waals surface area contributed by atoms with Gasteiger partial charge in [-0.15, -0.1) is 0 Å². The van der Waals surface area contributed by atoms with E-state index in [0.717, 1.165) is 13.1 Å². The minimum Gasteiger partial charge on any atom is -0.313 e. The zero-order valence-electron chi connectivity index (χ0n) is 12.7.